The van der Waals surface area contributed by atoms with Crippen molar-refractivity contribution >= 4 is 34.4 Å². The largest absolute Gasteiger partial charge is 0.456 e. The predicted octanol–water partition coefficient (Wildman–Crippen LogP) is 3.61. The van der Waals surface area contributed by atoms with Gasteiger partial charge in [0.1, 0.15) is 6.54 Å². The maximum atomic E-state index is 13.3. The molecule has 3 aromatic rings. The summed E-state index contributed by atoms with van der Waals surface area (Å²) in [6.07, 6.45) is -3.50. The number of ketones is 1. The zero-order chi connectivity index (χ0) is 22.9. The smallest absolute Gasteiger partial charge is 0.449 e. The van der Waals surface area contributed by atoms with Gasteiger partial charge in [0.05, 0.1) is 11.0 Å². The van der Waals surface area contributed by atoms with Crippen LogP contribution in [0.15, 0.2) is 48.5 Å². The van der Waals surface area contributed by atoms with Crippen molar-refractivity contribution < 1.29 is 32.3 Å². The number of carbonyl (C=O) groups is 3. The summed E-state index contributed by atoms with van der Waals surface area (Å²) >= 11 is 0. The number of Topliss-reactive ketones (excluding diaryl/α,β-unsaturated/α-hetero) is 1. The number of esters is 1. The molecule has 0 atom stereocenters. The Balaban J connectivity index is 1.41. The normalized spacial score (nSPS) is 14.2. The Labute approximate surface area is 180 Å². The average molecular weight is 445 g/mol. The van der Waals surface area contributed by atoms with Crippen molar-refractivity contribution in [3.8, 4) is 0 Å². The maximum absolute atomic E-state index is 13.3. The molecule has 0 N–H and O–H groups in total. The Morgan fingerprint density at radius 3 is 2.44 bits per heavy atom. The van der Waals surface area contributed by atoms with E-state index in [4.69, 9.17) is 4.74 Å². The molecule has 0 saturated carbocycles. The van der Waals surface area contributed by atoms with Crippen molar-refractivity contribution in [3.05, 3.63) is 59.9 Å². The number of para-hydroxylation sites is 2. The van der Waals surface area contributed by atoms with Gasteiger partial charge in [-0.15, -0.1) is 0 Å². The highest BCUT2D eigenvalue weighted by atomic mass is 19.4. The van der Waals surface area contributed by atoms with Crippen molar-refractivity contribution in [3.63, 3.8) is 0 Å². The third-order valence-electron chi connectivity index (χ3n) is 5.13. The molecule has 4 rings (SSSR count). The van der Waals surface area contributed by atoms with Gasteiger partial charge in [-0.1, -0.05) is 12.1 Å². The lowest BCUT2D eigenvalue weighted by Crippen LogP contribution is -2.24. The van der Waals surface area contributed by atoms with Crippen LogP contribution in [0, 0.1) is 0 Å². The molecule has 0 aliphatic carbocycles. The third-order valence-corrected chi connectivity index (χ3v) is 5.13. The second kappa shape index (κ2) is 8.45. The monoisotopic (exact) mass is 445 g/mol. The molecule has 10 heteroatoms. The number of aromatic nitrogens is 2. The number of rotatable bonds is 6. The molecule has 0 unspecified atom stereocenters. The number of halogens is 3. The van der Waals surface area contributed by atoms with Gasteiger partial charge in [-0.3, -0.25) is 14.4 Å². The molecule has 1 aliphatic rings. The van der Waals surface area contributed by atoms with Crippen LogP contribution in [-0.4, -0.2) is 40.4 Å². The van der Waals surface area contributed by atoms with Crippen molar-refractivity contribution in [2.75, 3.05) is 18.1 Å². The van der Waals surface area contributed by atoms with Crippen molar-refractivity contribution in [1.82, 2.24) is 9.55 Å². The summed E-state index contributed by atoms with van der Waals surface area (Å²) in [6.45, 7) is -0.736. The van der Waals surface area contributed by atoms with E-state index < -0.39 is 36.9 Å². The van der Waals surface area contributed by atoms with Crippen LogP contribution in [0.1, 0.15) is 29.0 Å². The Hall–Kier alpha value is -3.69. The van der Waals surface area contributed by atoms with Gasteiger partial charge < -0.3 is 14.2 Å². The summed E-state index contributed by atoms with van der Waals surface area (Å²) in [6, 6.07) is 12.2. The van der Waals surface area contributed by atoms with Crippen LogP contribution in [0.2, 0.25) is 0 Å². The topological polar surface area (TPSA) is 81.5 Å². The summed E-state index contributed by atoms with van der Waals surface area (Å²) in [4.78, 5) is 41.5. The van der Waals surface area contributed by atoms with E-state index >= 15 is 0 Å². The molecule has 1 aromatic heterocycles. The molecule has 0 spiro atoms. The number of anilines is 1. The quantitative estimate of drug-likeness (QED) is 0.428. The molecule has 7 nitrogen and oxygen atoms in total. The van der Waals surface area contributed by atoms with Crippen LogP contribution >= 0.6 is 0 Å². The minimum Gasteiger partial charge on any atom is -0.456 e. The Kier molecular flexibility index (Phi) is 5.68. The van der Waals surface area contributed by atoms with Crippen molar-refractivity contribution in [1.29, 1.82) is 0 Å². The van der Waals surface area contributed by atoms with Gasteiger partial charge in [-0.05, 0) is 42.8 Å². The standard InChI is InChI=1S/C22H18F3N3O4/c23-22(24,25)21-26-16-4-1-2-5-17(16)28(21)12-20(31)32-13-18(29)14-7-9-15(10-8-14)27-11-3-6-19(27)30/h1-2,4-5,7-10H,3,6,11-13H2. The van der Waals surface area contributed by atoms with Gasteiger partial charge in [0.2, 0.25) is 11.7 Å². The molecule has 1 fully saturated rings. The second-order valence-corrected chi connectivity index (χ2v) is 7.29. The molecule has 2 heterocycles. The number of ether oxygens (including phenoxy) is 1. The molecular weight excluding hydrogens is 427 g/mol. The van der Waals surface area contributed by atoms with E-state index in [0.29, 0.717) is 18.7 Å². The lowest BCUT2D eigenvalue weighted by molar-refractivity contribution is -0.150. The molecule has 166 valence electrons. The van der Waals surface area contributed by atoms with Crippen LogP contribution in [0.3, 0.4) is 0 Å². The minimum atomic E-state index is -4.76. The SMILES string of the molecule is O=C(Cn1c(C(F)(F)F)nc2ccccc21)OCC(=O)c1ccc(N2CCCC2=O)cc1. The number of carbonyl (C=O) groups excluding carboxylic acids is 3. The first-order valence-electron chi connectivity index (χ1n) is 9.86. The van der Waals surface area contributed by atoms with E-state index in [0.717, 1.165) is 11.0 Å². The zero-order valence-electron chi connectivity index (χ0n) is 16.8. The molecule has 0 bridgehead atoms. The van der Waals surface area contributed by atoms with E-state index in [9.17, 15) is 27.6 Å². The van der Waals surface area contributed by atoms with E-state index in [-0.39, 0.29) is 22.5 Å². The van der Waals surface area contributed by atoms with E-state index in [1.165, 1.54) is 30.3 Å². The predicted molar refractivity (Wildman–Crippen MR) is 108 cm³/mol. The Morgan fingerprint density at radius 1 is 1.06 bits per heavy atom. The van der Waals surface area contributed by atoms with Crippen LogP contribution in [0.25, 0.3) is 11.0 Å². The third kappa shape index (κ3) is 4.34. The summed E-state index contributed by atoms with van der Waals surface area (Å²) < 4.78 is 45.6. The van der Waals surface area contributed by atoms with Gasteiger partial charge >= 0.3 is 12.1 Å². The number of amides is 1. The first-order chi connectivity index (χ1) is 15.2. The van der Waals surface area contributed by atoms with E-state index in [2.05, 4.69) is 4.98 Å². The first kappa shape index (κ1) is 21.5. The molecule has 1 amide bonds. The number of hydrogen-bond donors (Lipinski definition) is 0. The highest BCUT2D eigenvalue weighted by Gasteiger charge is 2.38. The van der Waals surface area contributed by atoms with E-state index in [1.54, 1.807) is 23.1 Å². The number of fused-ring (bicyclic) bond motifs is 1. The van der Waals surface area contributed by atoms with Gasteiger partial charge in [-0.2, -0.15) is 13.2 Å². The average Bonchev–Trinajstić information content (AvgIpc) is 3.36. The van der Waals surface area contributed by atoms with Crippen molar-refractivity contribution in [2.45, 2.75) is 25.6 Å². The van der Waals surface area contributed by atoms with Gasteiger partial charge in [0.25, 0.3) is 0 Å². The highest BCUT2D eigenvalue weighted by Crippen LogP contribution is 2.31. The summed E-state index contributed by atoms with van der Waals surface area (Å²) in [5.41, 5.74) is 1.17. The van der Waals surface area contributed by atoms with Crippen LogP contribution in [0.4, 0.5) is 18.9 Å². The van der Waals surface area contributed by atoms with Crippen LogP contribution < -0.4 is 4.90 Å². The molecule has 1 saturated heterocycles. The number of nitrogens with zero attached hydrogens (tertiary/aromatic N) is 3. The number of benzene rings is 2. The zero-order valence-corrected chi connectivity index (χ0v) is 16.8. The molecule has 1 aliphatic heterocycles. The van der Waals surface area contributed by atoms with Crippen molar-refractivity contribution in [2.24, 2.45) is 0 Å². The molecule has 32 heavy (non-hydrogen) atoms. The number of hydrogen-bond acceptors (Lipinski definition) is 5. The summed E-state index contributed by atoms with van der Waals surface area (Å²) in [7, 11) is 0. The van der Waals surface area contributed by atoms with Crippen LogP contribution in [-0.2, 0) is 27.0 Å². The number of alkyl halides is 3. The van der Waals surface area contributed by atoms with Gasteiger partial charge in [-0.25, -0.2) is 4.98 Å². The fourth-order valence-corrected chi connectivity index (χ4v) is 3.60. The first-order valence-corrected chi connectivity index (χ1v) is 9.86. The van der Waals surface area contributed by atoms with Gasteiger partial charge in [0, 0.05) is 24.2 Å². The molecule has 2 aromatic carbocycles. The fourth-order valence-electron chi connectivity index (χ4n) is 3.60. The van der Waals surface area contributed by atoms with Gasteiger partial charge in [0.15, 0.2) is 12.4 Å². The lowest BCUT2D eigenvalue weighted by atomic mass is 10.1. The molecular formula is C22H18F3N3O4. The summed E-state index contributed by atoms with van der Waals surface area (Å²) in [5, 5.41) is 0. The van der Waals surface area contributed by atoms with Crippen LogP contribution in [0.5, 0.6) is 0 Å². The minimum absolute atomic E-state index is 0.0169. The Bertz CT molecular complexity index is 1190. The maximum Gasteiger partial charge on any atom is 0.449 e. The fraction of sp³-hybridized carbons (Fsp3) is 0.273. The second-order valence-electron chi connectivity index (χ2n) is 7.29. The number of imidazole rings is 1. The Morgan fingerprint density at radius 2 is 1.78 bits per heavy atom. The highest BCUT2D eigenvalue weighted by molar-refractivity contribution is 5.99. The van der Waals surface area contributed by atoms with E-state index in [1.807, 2.05) is 0 Å². The lowest BCUT2D eigenvalue weighted by Gasteiger charge is -2.15. The summed E-state index contributed by atoms with van der Waals surface area (Å²) in [5.74, 6) is -2.70. The molecule has 0 radical (unpaired) electrons.